The molecule has 0 unspecified atom stereocenters. The highest BCUT2D eigenvalue weighted by Gasteiger charge is 2.16. The fourth-order valence-electron chi connectivity index (χ4n) is 1.55. The van der Waals surface area contributed by atoms with Crippen molar-refractivity contribution in [3.05, 3.63) is 41.7 Å². The maximum absolute atomic E-state index is 12.9. The van der Waals surface area contributed by atoms with Crippen LogP contribution < -0.4 is 11.5 Å². The Hall–Kier alpha value is -2.44. The smallest absolute Gasteiger partial charge is 0.269 e. The molecule has 0 spiro atoms. The third-order valence-corrected chi connectivity index (χ3v) is 2.38. The summed E-state index contributed by atoms with van der Waals surface area (Å²) in [6.45, 7) is 0. The van der Waals surface area contributed by atoms with Crippen LogP contribution in [0.5, 0.6) is 0 Å². The lowest BCUT2D eigenvalue weighted by Crippen LogP contribution is -2.12. The number of alkyl halides is 2. The third kappa shape index (κ3) is 2.15. The van der Waals surface area contributed by atoms with Gasteiger partial charge >= 0.3 is 0 Å². The molecule has 0 saturated carbocycles. The molecule has 4 N–H and O–H groups in total. The first-order valence-electron chi connectivity index (χ1n) is 5.02. The average Bonchev–Trinajstić information content (AvgIpc) is 2.78. The van der Waals surface area contributed by atoms with E-state index in [9.17, 15) is 13.6 Å². The van der Waals surface area contributed by atoms with E-state index in [1.165, 1.54) is 35.1 Å². The molecule has 0 bridgehead atoms. The van der Waals surface area contributed by atoms with Gasteiger partial charge in [0.25, 0.3) is 12.3 Å². The van der Waals surface area contributed by atoms with Gasteiger partial charge in [0.2, 0.25) is 0 Å². The number of aromatic nitrogens is 2. The normalized spacial score (nSPS) is 10.8. The highest BCUT2D eigenvalue weighted by Crippen LogP contribution is 2.27. The van der Waals surface area contributed by atoms with Crippen molar-refractivity contribution in [2.45, 2.75) is 6.43 Å². The minimum absolute atomic E-state index is 0.00652. The van der Waals surface area contributed by atoms with E-state index in [2.05, 4.69) is 5.10 Å². The summed E-state index contributed by atoms with van der Waals surface area (Å²) < 4.78 is 26.9. The summed E-state index contributed by atoms with van der Waals surface area (Å²) in [6, 6.07) is 5.42. The highest BCUT2D eigenvalue weighted by atomic mass is 19.3. The van der Waals surface area contributed by atoms with Crippen LogP contribution in [-0.2, 0) is 0 Å². The third-order valence-electron chi connectivity index (χ3n) is 2.38. The number of carbonyl (C=O) groups excluding carboxylic acids is 1. The molecule has 1 heterocycles. The number of rotatable bonds is 3. The monoisotopic (exact) mass is 252 g/mol. The quantitative estimate of drug-likeness (QED) is 0.811. The van der Waals surface area contributed by atoms with Gasteiger partial charge in [-0.25, -0.2) is 13.5 Å². The van der Waals surface area contributed by atoms with Crippen LogP contribution in [0.15, 0.2) is 30.5 Å². The average molecular weight is 252 g/mol. The molecule has 1 amide bonds. The second-order valence-electron chi connectivity index (χ2n) is 3.63. The Kier molecular flexibility index (Phi) is 2.97. The lowest BCUT2D eigenvalue weighted by Gasteiger charge is -2.09. The minimum atomic E-state index is -2.69. The molecule has 2 aromatic rings. The number of carbonyl (C=O) groups is 1. The van der Waals surface area contributed by atoms with E-state index in [0.29, 0.717) is 0 Å². The van der Waals surface area contributed by atoms with Crippen molar-refractivity contribution in [2.75, 3.05) is 5.73 Å². The number of nitrogens with zero attached hydrogens (tertiary/aromatic N) is 2. The standard InChI is InChI=1S/C11H10F2N4O/c12-10(13)7-5-6(14)1-2-9(7)17-4-3-8(16-17)11(15)18/h1-5,10H,14H2,(H2,15,18). The Morgan fingerprint density at radius 3 is 2.61 bits per heavy atom. The van der Waals surface area contributed by atoms with Crippen LogP contribution in [0.3, 0.4) is 0 Å². The topological polar surface area (TPSA) is 86.9 Å². The highest BCUT2D eigenvalue weighted by molar-refractivity contribution is 5.90. The first kappa shape index (κ1) is 12.0. The molecule has 5 nitrogen and oxygen atoms in total. The molecule has 0 aliphatic rings. The van der Waals surface area contributed by atoms with Gasteiger partial charge in [-0.2, -0.15) is 5.10 Å². The summed E-state index contributed by atoms with van der Waals surface area (Å²) in [7, 11) is 0. The van der Waals surface area contributed by atoms with Gasteiger partial charge in [-0.3, -0.25) is 4.79 Å². The fraction of sp³-hybridized carbons (Fsp3) is 0.0909. The van der Waals surface area contributed by atoms with Crippen molar-refractivity contribution in [1.82, 2.24) is 9.78 Å². The Labute approximate surface area is 101 Å². The summed E-state index contributed by atoms with van der Waals surface area (Å²) in [5, 5.41) is 3.82. The van der Waals surface area contributed by atoms with Crippen LogP contribution in [0.25, 0.3) is 5.69 Å². The number of nitrogens with two attached hydrogens (primary N) is 2. The molecular weight excluding hydrogens is 242 g/mol. The van der Waals surface area contributed by atoms with E-state index in [4.69, 9.17) is 11.5 Å². The van der Waals surface area contributed by atoms with Crippen LogP contribution in [0.2, 0.25) is 0 Å². The van der Waals surface area contributed by atoms with Crippen LogP contribution in [0.4, 0.5) is 14.5 Å². The molecule has 18 heavy (non-hydrogen) atoms. The van der Waals surface area contributed by atoms with Gasteiger partial charge in [0.1, 0.15) is 5.69 Å². The number of halogens is 2. The van der Waals surface area contributed by atoms with E-state index in [1.54, 1.807) is 0 Å². The number of primary amides is 1. The molecule has 0 saturated heterocycles. The SMILES string of the molecule is NC(=O)c1ccn(-c2ccc(N)cc2C(F)F)n1. The molecular formula is C11H10F2N4O. The number of hydrogen-bond donors (Lipinski definition) is 2. The summed E-state index contributed by atoms with van der Waals surface area (Å²) >= 11 is 0. The predicted molar refractivity (Wildman–Crippen MR) is 61.5 cm³/mol. The van der Waals surface area contributed by atoms with Crippen molar-refractivity contribution in [3.8, 4) is 5.69 Å². The number of hydrogen-bond acceptors (Lipinski definition) is 3. The lowest BCUT2D eigenvalue weighted by molar-refractivity contribution is 0.0995. The molecule has 2 rings (SSSR count). The fourth-order valence-corrected chi connectivity index (χ4v) is 1.55. The first-order chi connectivity index (χ1) is 8.49. The zero-order valence-electron chi connectivity index (χ0n) is 9.18. The summed E-state index contributed by atoms with van der Waals surface area (Å²) in [5.74, 6) is -0.720. The van der Waals surface area contributed by atoms with Gasteiger partial charge in [0, 0.05) is 17.4 Å². The molecule has 0 aliphatic heterocycles. The summed E-state index contributed by atoms with van der Waals surface area (Å²) in [4.78, 5) is 10.9. The zero-order chi connectivity index (χ0) is 13.3. The van der Waals surface area contributed by atoms with Crippen molar-refractivity contribution < 1.29 is 13.6 Å². The van der Waals surface area contributed by atoms with E-state index < -0.39 is 12.3 Å². The van der Waals surface area contributed by atoms with E-state index in [1.807, 2.05) is 0 Å². The van der Waals surface area contributed by atoms with E-state index in [0.717, 1.165) is 0 Å². The van der Waals surface area contributed by atoms with Gasteiger partial charge in [0.15, 0.2) is 0 Å². The van der Waals surface area contributed by atoms with Crippen molar-refractivity contribution in [3.63, 3.8) is 0 Å². The molecule has 1 aromatic heterocycles. The van der Waals surface area contributed by atoms with Gasteiger partial charge in [-0.15, -0.1) is 0 Å². The maximum atomic E-state index is 12.9. The van der Waals surface area contributed by atoms with Crippen LogP contribution >= 0.6 is 0 Å². The molecule has 0 aliphatic carbocycles. The number of benzene rings is 1. The van der Waals surface area contributed by atoms with Gasteiger partial charge in [0.05, 0.1) is 5.69 Å². The molecule has 1 aromatic carbocycles. The zero-order valence-corrected chi connectivity index (χ0v) is 9.18. The van der Waals surface area contributed by atoms with Crippen LogP contribution in [0.1, 0.15) is 22.5 Å². The number of nitrogen functional groups attached to an aromatic ring is 1. The van der Waals surface area contributed by atoms with Crippen molar-refractivity contribution >= 4 is 11.6 Å². The van der Waals surface area contributed by atoms with E-state index >= 15 is 0 Å². The Morgan fingerprint density at radius 1 is 1.33 bits per heavy atom. The second-order valence-corrected chi connectivity index (χ2v) is 3.63. The van der Waals surface area contributed by atoms with Gasteiger partial charge < -0.3 is 11.5 Å². The molecule has 0 atom stereocenters. The van der Waals surface area contributed by atoms with Crippen molar-refractivity contribution in [2.24, 2.45) is 5.73 Å². The molecule has 0 fully saturated rings. The van der Waals surface area contributed by atoms with Gasteiger partial charge in [-0.05, 0) is 24.3 Å². The Bertz CT molecular complexity index is 594. The Balaban J connectivity index is 2.52. The van der Waals surface area contributed by atoms with E-state index in [-0.39, 0.29) is 22.6 Å². The lowest BCUT2D eigenvalue weighted by atomic mass is 10.1. The first-order valence-corrected chi connectivity index (χ1v) is 5.02. The largest absolute Gasteiger partial charge is 0.399 e. The molecule has 94 valence electrons. The maximum Gasteiger partial charge on any atom is 0.269 e. The van der Waals surface area contributed by atoms with Crippen LogP contribution in [-0.4, -0.2) is 15.7 Å². The summed E-state index contributed by atoms with van der Waals surface area (Å²) in [5.41, 5.74) is 10.6. The molecule has 0 radical (unpaired) electrons. The van der Waals surface area contributed by atoms with Gasteiger partial charge in [-0.1, -0.05) is 0 Å². The second kappa shape index (κ2) is 4.44. The summed E-state index contributed by atoms with van der Waals surface area (Å²) in [6.07, 6.45) is -1.30. The number of amides is 1. The minimum Gasteiger partial charge on any atom is -0.399 e. The van der Waals surface area contributed by atoms with Crippen molar-refractivity contribution in [1.29, 1.82) is 0 Å². The number of anilines is 1. The molecule has 7 heteroatoms. The van der Waals surface area contributed by atoms with Crippen LogP contribution in [0, 0.1) is 0 Å². The predicted octanol–water partition coefficient (Wildman–Crippen LogP) is 1.49. The Morgan fingerprint density at radius 2 is 2.06 bits per heavy atom.